The van der Waals surface area contributed by atoms with Crippen LogP contribution in [0.2, 0.25) is 5.02 Å². The Hall–Kier alpha value is -2.22. The van der Waals surface area contributed by atoms with Gasteiger partial charge in [0.1, 0.15) is 46.3 Å². The van der Waals surface area contributed by atoms with Crippen LogP contribution in [-0.4, -0.2) is 107 Å². The lowest BCUT2D eigenvalue weighted by atomic mass is 9.72. The quantitative estimate of drug-likeness (QED) is 0.137. The van der Waals surface area contributed by atoms with Gasteiger partial charge in [-0.25, -0.2) is 9.59 Å². The van der Waals surface area contributed by atoms with Gasteiger partial charge in [-0.05, 0) is 59.8 Å². The van der Waals surface area contributed by atoms with Crippen LogP contribution in [0.4, 0.5) is 10.5 Å². The van der Waals surface area contributed by atoms with E-state index in [2.05, 4.69) is 26.5 Å². The lowest BCUT2D eigenvalue weighted by Gasteiger charge is -2.59. The van der Waals surface area contributed by atoms with Gasteiger partial charge in [-0.2, -0.15) is 0 Å². The number of aliphatic hydroxyl groups is 2. The largest absolute Gasteiger partial charge is 0.495 e. The Bertz CT molecular complexity index is 1570. The average Bonchev–Trinajstić information content (AvgIpc) is 3.05. The van der Waals surface area contributed by atoms with Crippen LogP contribution in [0.5, 0.6) is 5.75 Å². The minimum Gasteiger partial charge on any atom is -0.495 e. The number of nitrogens with zero attached hydrogens (tertiary/aromatic N) is 2. The molecule has 2 fully saturated rings. The van der Waals surface area contributed by atoms with E-state index in [0.29, 0.717) is 23.6 Å². The molecule has 3 amide bonds. The third-order valence-electron chi connectivity index (χ3n) is 9.65. The Kier molecular flexibility index (Phi) is 13.7. The van der Waals surface area contributed by atoms with E-state index in [-0.39, 0.29) is 36.6 Å². The summed E-state index contributed by atoms with van der Waals surface area (Å²) in [6.07, 6.45) is 0.302. The molecule has 0 aliphatic carbocycles. The number of halogens is 2. The van der Waals surface area contributed by atoms with Gasteiger partial charge in [-0.3, -0.25) is 14.9 Å². The fraction of sp³-hybridized carbons (Fsp3) is 0.588. The second kappa shape index (κ2) is 16.8. The molecular formula is C34H45ClIN3O10S2. The maximum atomic E-state index is 14.1. The number of aliphatic hydroxyl groups excluding tert-OH is 1. The first-order chi connectivity index (χ1) is 23.9. The van der Waals surface area contributed by atoms with Crippen molar-refractivity contribution >= 4 is 81.1 Å². The first-order valence-electron chi connectivity index (χ1n) is 16.3. The zero-order valence-electron chi connectivity index (χ0n) is 29.6. The van der Waals surface area contributed by atoms with E-state index in [1.807, 2.05) is 6.92 Å². The topological polar surface area (TPSA) is 164 Å². The standard InChI is InChI=1S/C34H45ClIN3O10S2/c1-19-9-8-10-24(40)34(45)17-26(48-31(44)37-34)33(4)18-32(3,49-33)25(47-30(43)20(2)38(5)27(41)11-12-50-51-36)16-28(42)39(6)22-14-21(13-19)15-23(46-7)29(22)35/h8-10,14-15,20,24-26,40,45H,11-13,16-18H2,1-7H3,(H,37,44)/b10-8+,19-9+/t20-,24+,25-,26?,32?,33+,34-/m0/s1. The summed E-state index contributed by atoms with van der Waals surface area (Å²) in [5, 5.41) is 25.0. The summed E-state index contributed by atoms with van der Waals surface area (Å²) in [5.41, 5.74) is -2.53. The average molecular weight is 882 g/mol. The molecule has 5 rings (SSSR count). The number of amides is 3. The van der Waals surface area contributed by atoms with Gasteiger partial charge in [0.05, 0.1) is 19.2 Å². The molecule has 1 aromatic rings. The van der Waals surface area contributed by atoms with Gasteiger partial charge >= 0.3 is 12.1 Å². The predicted molar refractivity (Wildman–Crippen MR) is 205 cm³/mol. The van der Waals surface area contributed by atoms with Crippen LogP contribution in [0.15, 0.2) is 35.9 Å². The molecule has 2 unspecified atom stereocenters. The number of methoxy groups -OCH3 is 1. The summed E-state index contributed by atoms with van der Waals surface area (Å²) in [6.45, 7) is 6.78. The number of carbonyl (C=O) groups excluding carboxylic acids is 4. The molecule has 3 N–H and O–H groups in total. The highest BCUT2D eigenvalue weighted by atomic mass is 127. The Labute approximate surface area is 323 Å². The lowest BCUT2D eigenvalue weighted by molar-refractivity contribution is -0.328. The highest BCUT2D eigenvalue weighted by molar-refractivity contribution is 14.2. The fourth-order valence-corrected chi connectivity index (χ4v) is 9.28. The van der Waals surface area contributed by atoms with Crippen molar-refractivity contribution in [1.29, 1.82) is 0 Å². The van der Waals surface area contributed by atoms with Gasteiger partial charge in [0.2, 0.25) is 11.8 Å². The molecule has 6 bridgehead atoms. The molecule has 51 heavy (non-hydrogen) atoms. The number of benzene rings is 1. The SMILES string of the molecule is COc1cc2cc(c1Cl)N(C)C(=O)C[C@H](OC(=O)[C@H](C)N(C)C(=O)CCSSI)C1(C)C[C@@](C)(O1)C1C[C@@](O)(NC(=O)O1)[C@H](O)/C=C/C=C(\C)C2. The minimum absolute atomic E-state index is 0.134. The van der Waals surface area contributed by atoms with E-state index in [4.69, 9.17) is 30.5 Å². The molecular weight excluding hydrogens is 837 g/mol. The van der Waals surface area contributed by atoms with Crippen LogP contribution in [0.25, 0.3) is 0 Å². The highest BCUT2D eigenvalue weighted by Crippen LogP contribution is 2.50. The maximum Gasteiger partial charge on any atom is 0.409 e. The molecule has 4 aliphatic heterocycles. The minimum atomic E-state index is -2.08. The van der Waals surface area contributed by atoms with Crippen LogP contribution in [0.1, 0.15) is 58.9 Å². The fourth-order valence-electron chi connectivity index (χ4n) is 6.59. The molecule has 1 aromatic carbocycles. The molecule has 4 heterocycles. The van der Waals surface area contributed by atoms with E-state index >= 15 is 0 Å². The van der Waals surface area contributed by atoms with Crippen molar-refractivity contribution in [3.05, 3.63) is 46.5 Å². The van der Waals surface area contributed by atoms with Gasteiger partial charge < -0.3 is 39.0 Å². The van der Waals surface area contributed by atoms with Crippen molar-refractivity contribution in [3.63, 3.8) is 0 Å². The van der Waals surface area contributed by atoms with E-state index in [0.717, 1.165) is 11.1 Å². The molecule has 0 saturated carbocycles. The Morgan fingerprint density at radius 2 is 1.96 bits per heavy atom. The summed E-state index contributed by atoms with van der Waals surface area (Å²) in [6, 6.07) is 2.55. The van der Waals surface area contributed by atoms with E-state index in [9.17, 15) is 29.4 Å². The number of allylic oxidation sites excluding steroid dienone is 3. The van der Waals surface area contributed by atoms with Crippen molar-refractivity contribution in [2.75, 3.05) is 31.9 Å². The highest BCUT2D eigenvalue weighted by Gasteiger charge is 2.63. The number of rotatable bonds is 8. The summed E-state index contributed by atoms with van der Waals surface area (Å²) >= 11 is 8.85. The lowest BCUT2D eigenvalue weighted by Crippen LogP contribution is -2.72. The molecule has 0 spiro atoms. The normalized spacial score (nSPS) is 31.9. The number of likely N-dealkylation sites (N-methyl/N-ethyl adjacent to an activating group) is 1. The van der Waals surface area contributed by atoms with Crippen molar-refractivity contribution in [2.24, 2.45) is 0 Å². The van der Waals surface area contributed by atoms with Crippen molar-refractivity contribution in [3.8, 4) is 5.75 Å². The van der Waals surface area contributed by atoms with Gasteiger partial charge in [0.15, 0.2) is 5.72 Å². The van der Waals surface area contributed by atoms with Crippen LogP contribution in [0.3, 0.4) is 0 Å². The van der Waals surface area contributed by atoms with Crippen LogP contribution in [-0.2, 0) is 35.0 Å². The van der Waals surface area contributed by atoms with Gasteiger partial charge in [0.25, 0.3) is 0 Å². The molecule has 4 aliphatic rings. The third kappa shape index (κ3) is 9.48. The molecule has 2 saturated heterocycles. The van der Waals surface area contributed by atoms with Gasteiger partial charge in [-0.15, -0.1) is 0 Å². The number of hydrogen-bond donors (Lipinski definition) is 3. The van der Waals surface area contributed by atoms with Crippen molar-refractivity contribution in [1.82, 2.24) is 10.2 Å². The molecule has 17 heteroatoms. The molecule has 282 valence electrons. The van der Waals surface area contributed by atoms with E-state index in [1.54, 1.807) is 52.1 Å². The van der Waals surface area contributed by atoms with Crippen LogP contribution in [0, 0.1) is 0 Å². The molecule has 7 atom stereocenters. The molecule has 0 aromatic heterocycles. The number of fused-ring (bicyclic) bond motifs is 6. The van der Waals surface area contributed by atoms with Crippen LogP contribution < -0.4 is 15.0 Å². The molecule has 13 nitrogen and oxygen atoms in total. The molecule has 0 radical (unpaired) electrons. The number of nitrogens with one attached hydrogen (secondary N) is 1. The third-order valence-corrected chi connectivity index (χ3v) is 13.5. The summed E-state index contributed by atoms with van der Waals surface area (Å²) in [4.78, 5) is 55.9. The number of esters is 1. The Morgan fingerprint density at radius 1 is 1.27 bits per heavy atom. The smallest absolute Gasteiger partial charge is 0.409 e. The number of anilines is 1. The monoisotopic (exact) mass is 881 g/mol. The Morgan fingerprint density at radius 3 is 2.61 bits per heavy atom. The second-order valence-electron chi connectivity index (χ2n) is 13.6. The summed E-state index contributed by atoms with van der Waals surface area (Å²) in [7, 11) is 7.59. The van der Waals surface area contributed by atoms with Gasteiger partial charge in [-0.1, -0.05) is 46.2 Å². The summed E-state index contributed by atoms with van der Waals surface area (Å²) < 4.78 is 23.6. The zero-order chi connectivity index (χ0) is 37.9. The number of ether oxygens (including phenoxy) is 4. The summed E-state index contributed by atoms with van der Waals surface area (Å²) in [5.74, 6) is -0.500. The zero-order valence-corrected chi connectivity index (χ0v) is 34.1. The number of hydrogen-bond acceptors (Lipinski definition) is 12. The maximum absolute atomic E-state index is 14.1. The predicted octanol–water partition coefficient (Wildman–Crippen LogP) is 5.13. The van der Waals surface area contributed by atoms with Gasteiger partial charge in [0, 0.05) is 60.3 Å². The first-order valence-corrected chi connectivity index (χ1v) is 21.5. The first kappa shape index (κ1) is 41.5. The Balaban J connectivity index is 1.73. The van der Waals surface area contributed by atoms with Crippen LogP contribution >= 0.6 is 51.6 Å². The van der Waals surface area contributed by atoms with E-state index < -0.39 is 59.3 Å². The van der Waals surface area contributed by atoms with Crippen molar-refractivity contribution in [2.45, 2.75) is 101 Å². The number of carbonyl (C=O) groups is 4. The van der Waals surface area contributed by atoms with E-state index in [1.165, 1.54) is 48.8 Å². The van der Waals surface area contributed by atoms with Crippen molar-refractivity contribution < 1.29 is 48.3 Å². The number of alkyl carbamates (subject to hydrolysis) is 1. The second-order valence-corrected chi connectivity index (χ2v) is 19.1.